The number of hydrogen-bond donors (Lipinski definition) is 2. The molecule has 2 N–H and O–H groups in total. The molecule has 0 radical (unpaired) electrons. The number of carbonyl (C=O) groups is 1. The van der Waals surface area contributed by atoms with Crippen molar-refractivity contribution in [1.82, 2.24) is 5.32 Å². The highest BCUT2D eigenvalue weighted by Gasteiger charge is 2.08. The second-order valence-electron chi connectivity index (χ2n) is 4.61. The Bertz CT molecular complexity index is 535. The molecule has 0 aliphatic carbocycles. The molecule has 0 fully saturated rings. The van der Waals surface area contributed by atoms with Crippen LogP contribution in [-0.4, -0.2) is 18.5 Å². The number of benzene rings is 1. The molecular formula is C15H18N2OS. The topological polar surface area (TPSA) is 41.1 Å². The van der Waals surface area contributed by atoms with E-state index >= 15 is 0 Å². The van der Waals surface area contributed by atoms with Gasteiger partial charge in [-0.1, -0.05) is 38.1 Å². The first kappa shape index (κ1) is 13.8. The molecule has 1 amide bonds. The Balaban J connectivity index is 2.10. The lowest BCUT2D eigenvalue weighted by Crippen LogP contribution is -2.32. The average molecular weight is 274 g/mol. The Kier molecular flexibility index (Phi) is 4.71. The van der Waals surface area contributed by atoms with Gasteiger partial charge in [0.2, 0.25) is 5.91 Å². The summed E-state index contributed by atoms with van der Waals surface area (Å²) < 4.78 is 0. The first-order valence-corrected chi connectivity index (χ1v) is 7.21. The van der Waals surface area contributed by atoms with Crippen molar-refractivity contribution in [3.8, 4) is 10.4 Å². The maximum absolute atomic E-state index is 11.9. The van der Waals surface area contributed by atoms with E-state index in [-0.39, 0.29) is 5.91 Å². The van der Waals surface area contributed by atoms with Crippen LogP contribution >= 0.6 is 11.3 Å². The predicted molar refractivity (Wildman–Crippen MR) is 81.5 cm³/mol. The first-order chi connectivity index (χ1) is 9.16. The number of para-hydroxylation sites is 1. The van der Waals surface area contributed by atoms with E-state index < -0.39 is 0 Å². The van der Waals surface area contributed by atoms with Crippen LogP contribution in [0.4, 0.5) is 5.69 Å². The van der Waals surface area contributed by atoms with Gasteiger partial charge in [0.15, 0.2) is 0 Å². The van der Waals surface area contributed by atoms with Gasteiger partial charge >= 0.3 is 0 Å². The normalized spacial score (nSPS) is 10.7. The second kappa shape index (κ2) is 6.50. The van der Waals surface area contributed by atoms with Crippen molar-refractivity contribution in [2.45, 2.75) is 19.9 Å². The molecule has 1 aromatic carbocycles. The highest BCUT2D eigenvalue weighted by molar-refractivity contribution is 7.13. The Morgan fingerprint density at radius 2 is 2.00 bits per heavy atom. The van der Waals surface area contributed by atoms with E-state index in [0.717, 1.165) is 16.1 Å². The van der Waals surface area contributed by atoms with Crippen LogP contribution < -0.4 is 10.6 Å². The third-order valence-electron chi connectivity index (χ3n) is 2.66. The molecule has 0 unspecified atom stereocenters. The van der Waals surface area contributed by atoms with Gasteiger partial charge in [-0.2, -0.15) is 0 Å². The summed E-state index contributed by atoms with van der Waals surface area (Å²) in [5.41, 5.74) is 1.93. The van der Waals surface area contributed by atoms with Crippen LogP contribution in [0.25, 0.3) is 10.4 Å². The fourth-order valence-corrected chi connectivity index (χ4v) is 2.50. The molecule has 0 bridgehead atoms. The van der Waals surface area contributed by atoms with Crippen LogP contribution in [0.3, 0.4) is 0 Å². The van der Waals surface area contributed by atoms with E-state index in [1.54, 1.807) is 11.3 Å². The lowest BCUT2D eigenvalue weighted by molar-refractivity contribution is -0.115. The number of hydrogen-bond acceptors (Lipinski definition) is 3. The second-order valence-corrected chi connectivity index (χ2v) is 5.55. The number of carbonyl (C=O) groups excluding carboxylic acids is 1. The van der Waals surface area contributed by atoms with Gasteiger partial charge in [0.05, 0.1) is 6.54 Å². The molecule has 3 nitrogen and oxygen atoms in total. The molecule has 2 rings (SSSR count). The molecular weight excluding hydrogens is 256 g/mol. The number of anilines is 1. The van der Waals surface area contributed by atoms with E-state index in [4.69, 9.17) is 0 Å². The molecule has 0 aliphatic rings. The molecule has 0 saturated heterocycles. The summed E-state index contributed by atoms with van der Waals surface area (Å²) in [4.78, 5) is 13.0. The van der Waals surface area contributed by atoms with Crippen LogP contribution in [0, 0.1) is 0 Å². The van der Waals surface area contributed by atoms with Gasteiger partial charge in [0.25, 0.3) is 0 Å². The predicted octanol–water partition coefficient (Wildman–Crippen LogP) is 3.35. The Labute approximate surface area is 117 Å². The summed E-state index contributed by atoms with van der Waals surface area (Å²) in [7, 11) is 0. The first-order valence-electron chi connectivity index (χ1n) is 6.33. The van der Waals surface area contributed by atoms with Crippen molar-refractivity contribution in [3.05, 3.63) is 41.8 Å². The molecule has 0 aliphatic heterocycles. The van der Waals surface area contributed by atoms with Crippen molar-refractivity contribution in [2.24, 2.45) is 0 Å². The van der Waals surface area contributed by atoms with Gasteiger partial charge in [-0.05, 0) is 17.5 Å². The van der Waals surface area contributed by atoms with Crippen LogP contribution in [0.1, 0.15) is 13.8 Å². The third-order valence-corrected chi connectivity index (χ3v) is 3.56. The van der Waals surface area contributed by atoms with Crippen molar-refractivity contribution in [1.29, 1.82) is 0 Å². The zero-order valence-corrected chi connectivity index (χ0v) is 12.0. The van der Waals surface area contributed by atoms with Crippen molar-refractivity contribution >= 4 is 22.9 Å². The summed E-state index contributed by atoms with van der Waals surface area (Å²) in [5.74, 6) is -0.0160. The van der Waals surface area contributed by atoms with Gasteiger partial charge in [-0.25, -0.2) is 0 Å². The standard InChI is InChI=1S/C15H18N2OS/c1-11(2)16-10-15(18)17-13-7-4-3-6-12(13)14-8-5-9-19-14/h3-9,11,16H,10H2,1-2H3,(H,17,18). The summed E-state index contributed by atoms with van der Waals surface area (Å²) in [6, 6.07) is 12.2. The zero-order chi connectivity index (χ0) is 13.7. The monoisotopic (exact) mass is 274 g/mol. The molecule has 1 heterocycles. The SMILES string of the molecule is CC(C)NCC(=O)Nc1ccccc1-c1cccs1. The molecule has 0 atom stereocenters. The molecule has 0 saturated carbocycles. The number of amides is 1. The highest BCUT2D eigenvalue weighted by Crippen LogP contribution is 2.31. The molecule has 19 heavy (non-hydrogen) atoms. The molecule has 4 heteroatoms. The quantitative estimate of drug-likeness (QED) is 0.878. The van der Waals surface area contributed by atoms with Crippen LogP contribution in [0.15, 0.2) is 41.8 Å². The van der Waals surface area contributed by atoms with E-state index in [2.05, 4.69) is 16.7 Å². The average Bonchev–Trinajstić information content (AvgIpc) is 2.91. The van der Waals surface area contributed by atoms with Gasteiger partial charge in [0.1, 0.15) is 0 Å². The van der Waals surface area contributed by atoms with E-state index in [0.29, 0.717) is 12.6 Å². The highest BCUT2D eigenvalue weighted by atomic mass is 32.1. The minimum atomic E-state index is -0.0160. The minimum Gasteiger partial charge on any atom is -0.324 e. The fourth-order valence-electron chi connectivity index (χ4n) is 1.73. The summed E-state index contributed by atoms with van der Waals surface area (Å²) in [6.07, 6.45) is 0. The maximum atomic E-state index is 11.9. The van der Waals surface area contributed by atoms with Crippen molar-refractivity contribution < 1.29 is 4.79 Å². The maximum Gasteiger partial charge on any atom is 0.238 e. The number of thiophene rings is 1. The third kappa shape index (κ3) is 3.91. The van der Waals surface area contributed by atoms with E-state index in [1.165, 1.54) is 0 Å². The fraction of sp³-hybridized carbons (Fsp3) is 0.267. The minimum absolute atomic E-state index is 0.0160. The lowest BCUT2D eigenvalue weighted by atomic mass is 10.1. The smallest absolute Gasteiger partial charge is 0.238 e. The summed E-state index contributed by atoms with van der Waals surface area (Å²) in [5, 5.41) is 8.11. The zero-order valence-electron chi connectivity index (χ0n) is 11.1. The van der Waals surface area contributed by atoms with Gasteiger partial charge in [0, 0.05) is 22.2 Å². The Hall–Kier alpha value is -1.65. The number of nitrogens with one attached hydrogen (secondary N) is 2. The van der Waals surface area contributed by atoms with Crippen LogP contribution in [0.5, 0.6) is 0 Å². The molecule has 100 valence electrons. The van der Waals surface area contributed by atoms with E-state index in [1.807, 2.05) is 49.6 Å². The Morgan fingerprint density at radius 3 is 2.68 bits per heavy atom. The largest absolute Gasteiger partial charge is 0.324 e. The molecule has 2 aromatic rings. The van der Waals surface area contributed by atoms with Gasteiger partial charge < -0.3 is 10.6 Å². The van der Waals surface area contributed by atoms with Gasteiger partial charge in [-0.15, -0.1) is 11.3 Å². The van der Waals surface area contributed by atoms with Crippen LogP contribution in [-0.2, 0) is 4.79 Å². The van der Waals surface area contributed by atoms with Gasteiger partial charge in [-0.3, -0.25) is 4.79 Å². The van der Waals surface area contributed by atoms with E-state index in [9.17, 15) is 4.79 Å². The summed E-state index contributed by atoms with van der Waals surface area (Å²) in [6.45, 7) is 4.37. The van der Waals surface area contributed by atoms with Crippen molar-refractivity contribution in [3.63, 3.8) is 0 Å². The van der Waals surface area contributed by atoms with Crippen LogP contribution in [0.2, 0.25) is 0 Å². The molecule has 0 spiro atoms. The summed E-state index contributed by atoms with van der Waals surface area (Å²) >= 11 is 1.67. The number of rotatable bonds is 5. The Morgan fingerprint density at radius 1 is 1.21 bits per heavy atom. The lowest BCUT2D eigenvalue weighted by Gasteiger charge is -2.11. The molecule has 1 aromatic heterocycles. The van der Waals surface area contributed by atoms with Crippen molar-refractivity contribution in [2.75, 3.05) is 11.9 Å².